The SMILES string of the molecule is CC(C)[Si](C(C)C)(C(C)C)C(/C=C/C/C(=C\B1OC(C)(C)C(C)(C)O1)C(C)(C)C)(B1OC(C)(C)C(C)(C)O1)B1OC(C)(C)C(C)(C)O1. The second-order valence-electron chi connectivity index (χ2n) is 19.7. The van der Waals surface area contributed by atoms with E-state index < -0.39 is 67.9 Å². The molecule has 268 valence electrons. The van der Waals surface area contributed by atoms with E-state index in [0.29, 0.717) is 16.6 Å². The van der Waals surface area contributed by atoms with Crippen LogP contribution in [0.15, 0.2) is 23.7 Å². The topological polar surface area (TPSA) is 55.4 Å². The Balaban J connectivity index is 2.33. The van der Waals surface area contributed by atoms with E-state index in [1.54, 1.807) is 0 Å². The summed E-state index contributed by atoms with van der Waals surface area (Å²) in [6.07, 6.45) is 5.52. The molecule has 3 aliphatic heterocycles. The molecule has 6 nitrogen and oxygen atoms in total. The fraction of sp³-hybridized carbons (Fsp3) is 0.892. The van der Waals surface area contributed by atoms with Gasteiger partial charge in [0.2, 0.25) is 0 Å². The Labute approximate surface area is 292 Å². The minimum atomic E-state index is -2.53. The lowest BCUT2D eigenvalue weighted by Crippen LogP contribution is -2.67. The highest BCUT2D eigenvalue weighted by molar-refractivity contribution is 7.05. The lowest BCUT2D eigenvalue weighted by atomic mass is 9.50. The predicted octanol–water partition coefficient (Wildman–Crippen LogP) is 10.2. The zero-order chi connectivity index (χ0) is 36.6. The first-order valence-electron chi connectivity index (χ1n) is 18.3. The second kappa shape index (κ2) is 12.7. The first kappa shape index (κ1) is 41.1. The van der Waals surface area contributed by atoms with Gasteiger partial charge < -0.3 is 27.9 Å². The fourth-order valence-corrected chi connectivity index (χ4v) is 17.0. The molecule has 0 spiro atoms. The average Bonchev–Trinajstić information content (AvgIpc) is 3.29. The first-order chi connectivity index (χ1) is 20.8. The first-order valence-corrected chi connectivity index (χ1v) is 20.5. The van der Waals surface area contributed by atoms with Crippen LogP contribution in [-0.4, -0.2) is 63.0 Å². The van der Waals surface area contributed by atoms with Crippen LogP contribution in [0.5, 0.6) is 0 Å². The van der Waals surface area contributed by atoms with Crippen LogP contribution < -0.4 is 0 Å². The zero-order valence-electron chi connectivity index (χ0n) is 34.4. The molecule has 47 heavy (non-hydrogen) atoms. The highest BCUT2D eigenvalue weighted by Gasteiger charge is 2.76. The standard InChI is InChI=1S/C37H71B3O6Si/c1-26(2)47(27(3)4,28(5)6)37(39-43-33(14,15)34(16,17)44-39,40-45-35(18,19)36(20,21)46-40)24-22-23-29(30(7,8)9)25-38-41-31(10,11)32(12,13)42-38/h22,24-28H,23H2,1-21H3/b24-22+,29-25+. The molecule has 0 aromatic rings. The molecule has 3 aliphatic rings. The predicted molar refractivity (Wildman–Crippen MR) is 203 cm³/mol. The van der Waals surface area contributed by atoms with Gasteiger partial charge in [0, 0.05) is 0 Å². The highest BCUT2D eigenvalue weighted by atomic mass is 28.3. The Morgan fingerprint density at radius 3 is 1.13 bits per heavy atom. The summed E-state index contributed by atoms with van der Waals surface area (Å²) in [6, 6.07) is 0. The molecule has 0 radical (unpaired) electrons. The van der Waals surface area contributed by atoms with Gasteiger partial charge in [-0.2, -0.15) is 0 Å². The normalized spacial score (nSPS) is 25.8. The third-order valence-electron chi connectivity index (χ3n) is 13.2. The van der Waals surface area contributed by atoms with E-state index >= 15 is 0 Å². The summed E-state index contributed by atoms with van der Waals surface area (Å²) in [5.74, 6) is 2.20. The molecule has 0 saturated carbocycles. The molecule has 0 atom stereocenters. The van der Waals surface area contributed by atoms with Gasteiger partial charge in [-0.05, 0) is 94.9 Å². The third kappa shape index (κ3) is 6.85. The Bertz CT molecular complexity index is 1090. The van der Waals surface area contributed by atoms with E-state index in [1.165, 1.54) is 5.57 Å². The summed E-state index contributed by atoms with van der Waals surface area (Å²) in [5.41, 5.74) is -0.551. The number of hydrogen-bond acceptors (Lipinski definition) is 6. The minimum absolute atomic E-state index is 0.103. The van der Waals surface area contributed by atoms with Gasteiger partial charge in [0.1, 0.15) is 0 Å². The molecule has 0 aromatic heterocycles. The molecule has 3 heterocycles. The smallest absolute Gasteiger partial charge is 0.403 e. The maximum atomic E-state index is 7.16. The Morgan fingerprint density at radius 1 is 0.553 bits per heavy atom. The van der Waals surface area contributed by atoms with Crippen LogP contribution >= 0.6 is 0 Å². The number of allylic oxidation sites excluding steroid dienone is 3. The molecule has 0 bridgehead atoms. The molecule has 0 aliphatic carbocycles. The highest BCUT2D eigenvalue weighted by Crippen LogP contribution is 2.65. The maximum absolute atomic E-state index is 7.16. The lowest BCUT2D eigenvalue weighted by Gasteiger charge is -2.56. The summed E-state index contributed by atoms with van der Waals surface area (Å²) in [7, 11) is -4.05. The van der Waals surface area contributed by atoms with Crippen molar-refractivity contribution in [2.75, 3.05) is 0 Å². The number of rotatable bonds is 10. The van der Waals surface area contributed by atoms with Crippen molar-refractivity contribution in [3.05, 3.63) is 23.7 Å². The molecule has 0 unspecified atom stereocenters. The van der Waals surface area contributed by atoms with E-state index in [0.717, 1.165) is 6.42 Å². The summed E-state index contributed by atoms with van der Waals surface area (Å²) in [4.78, 5) is -0.674. The van der Waals surface area contributed by atoms with Gasteiger partial charge in [-0.15, -0.1) is 0 Å². The van der Waals surface area contributed by atoms with Gasteiger partial charge in [-0.1, -0.05) is 103 Å². The van der Waals surface area contributed by atoms with Crippen molar-refractivity contribution in [2.24, 2.45) is 5.41 Å². The maximum Gasteiger partial charge on any atom is 0.487 e. The van der Waals surface area contributed by atoms with Gasteiger partial charge in [-0.3, -0.25) is 0 Å². The van der Waals surface area contributed by atoms with Crippen LogP contribution in [0.4, 0.5) is 0 Å². The van der Waals surface area contributed by atoms with E-state index in [4.69, 9.17) is 27.9 Å². The van der Waals surface area contributed by atoms with Gasteiger partial charge in [0.05, 0.1) is 46.5 Å². The van der Waals surface area contributed by atoms with Crippen LogP contribution in [0.3, 0.4) is 0 Å². The summed E-state index contributed by atoms with van der Waals surface area (Å²) in [6.45, 7) is 46.9. The van der Waals surface area contributed by atoms with Gasteiger partial charge in [0.25, 0.3) is 0 Å². The molecule has 3 saturated heterocycles. The molecule has 3 fully saturated rings. The van der Waals surface area contributed by atoms with Gasteiger partial charge >= 0.3 is 21.4 Å². The molecule has 0 aromatic carbocycles. The quantitative estimate of drug-likeness (QED) is 0.170. The van der Waals surface area contributed by atoms with E-state index in [9.17, 15) is 0 Å². The summed E-state index contributed by atoms with van der Waals surface area (Å²) < 4.78 is 41.5. The van der Waals surface area contributed by atoms with Crippen molar-refractivity contribution in [2.45, 2.75) is 207 Å². The van der Waals surface area contributed by atoms with E-state index in [2.05, 4.69) is 164 Å². The van der Waals surface area contributed by atoms with E-state index in [1.807, 2.05) is 0 Å². The van der Waals surface area contributed by atoms with Crippen LogP contribution in [0, 0.1) is 5.41 Å². The molecule has 10 heteroatoms. The van der Waals surface area contributed by atoms with E-state index in [-0.39, 0.29) is 5.41 Å². The third-order valence-corrected chi connectivity index (χ3v) is 21.1. The fourth-order valence-electron chi connectivity index (χ4n) is 8.52. The van der Waals surface area contributed by atoms with Crippen molar-refractivity contribution in [1.29, 1.82) is 0 Å². The molecular formula is C37H71B3O6Si. The number of hydrogen-bond donors (Lipinski definition) is 0. The Morgan fingerprint density at radius 2 is 0.851 bits per heavy atom. The largest absolute Gasteiger partial charge is 0.487 e. The summed E-state index contributed by atoms with van der Waals surface area (Å²) >= 11 is 0. The monoisotopic (exact) mass is 673 g/mol. The summed E-state index contributed by atoms with van der Waals surface area (Å²) in [5, 5.41) is 0. The van der Waals surface area contributed by atoms with Crippen LogP contribution in [-0.2, 0) is 27.9 Å². The zero-order valence-corrected chi connectivity index (χ0v) is 35.4. The lowest BCUT2D eigenvalue weighted by molar-refractivity contribution is 0.00578. The molecule has 0 N–H and O–H groups in total. The molecule has 3 rings (SSSR count). The Hall–Kier alpha value is -0.348. The second-order valence-corrected chi connectivity index (χ2v) is 25.9. The van der Waals surface area contributed by atoms with Gasteiger partial charge in [0.15, 0.2) is 0 Å². The van der Waals surface area contributed by atoms with Crippen molar-refractivity contribution in [3.8, 4) is 0 Å². The van der Waals surface area contributed by atoms with Crippen molar-refractivity contribution in [1.82, 2.24) is 0 Å². The molecule has 0 amide bonds. The van der Waals surface area contributed by atoms with Gasteiger partial charge in [-0.25, -0.2) is 0 Å². The van der Waals surface area contributed by atoms with Crippen LogP contribution in [0.2, 0.25) is 21.5 Å². The van der Waals surface area contributed by atoms with Crippen molar-refractivity contribution in [3.63, 3.8) is 0 Å². The van der Waals surface area contributed by atoms with Crippen LogP contribution in [0.25, 0.3) is 0 Å². The molecular weight excluding hydrogens is 601 g/mol. The minimum Gasteiger partial charge on any atom is -0.403 e. The Kier molecular flexibility index (Phi) is 11.1. The van der Waals surface area contributed by atoms with Crippen LogP contribution in [0.1, 0.15) is 152 Å². The van der Waals surface area contributed by atoms with Crippen molar-refractivity contribution < 1.29 is 27.9 Å². The van der Waals surface area contributed by atoms with Crippen molar-refractivity contribution >= 4 is 29.4 Å². The average molecular weight is 672 g/mol.